The highest BCUT2D eigenvalue weighted by Crippen LogP contribution is 1.97. The number of aliphatic hydroxyl groups is 4. The maximum absolute atomic E-state index is 10.4. The largest absolute Gasteiger partial charge is 0.465 e. The molecule has 1 aliphatic heterocycles. The Kier molecular flexibility index (Phi) is 20.4. The summed E-state index contributed by atoms with van der Waals surface area (Å²) in [6, 6.07) is 0. The van der Waals surface area contributed by atoms with Crippen LogP contribution in [-0.2, 0) is 23.9 Å². The lowest BCUT2D eigenvalue weighted by molar-refractivity contribution is -0.157. The van der Waals surface area contributed by atoms with Gasteiger partial charge < -0.3 is 29.9 Å². The van der Waals surface area contributed by atoms with Gasteiger partial charge in [0, 0.05) is 6.42 Å². The highest BCUT2D eigenvalue weighted by molar-refractivity contribution is 5.79. The van der Waals surface area contributed by atoms with E-state index in [9.17, 15) is 14.4 Å². The average Bonchev–Trinajstić information content (AvgIpc) is 2.37. The Bertz CT molecular complexity index is 247. The van der Waals surface area contributed by atoms with Crippen molar-refractivity contribution < 1.29 is 49.0 Å². The van der Waals surface area contributed by atoms with E-state index < -0.39 is 31.8 Å². The highest BCUT2D eigenvalue weighted by atomic mass is 19.0. The molecule has 0 aromatic rings. The molecule has 1 fully saturated rings. The molecule has 0 bridgehead atoms. The molecule has 0 aromatic heterocycles. The number of ketones is 1. The minimum atomic E-state index is -0.768. The minimum absolute atomic E-state index is 0. The van der Waals surface area contributed by atoms with Gasteiger partial charge in [-0.25, -0.2) is 4.79 Å². The summed E-state index contributed by atoms with van der Waals surface area (Å²) in [6.45, 7) is -1.43. The lowest BCUT2D eigenvalue weighted by Gasteiger charge is -2.09. The number of Topliss-reactive ketones (excluding diaryl/α,β-unsaturated/α-hetero) is 1. The molecular weight excluding hydrogens is 283 g/mol. The molecule has 10 heteroatoms. The van der Waals surface area contributed by atoms with Crippen LogP contribution in [0.5, 0.6) is 0 Å². The summed E-state index contributed by atoms with van der Waals surface area (Å²) in [7, 11) is 0. The zero-order valence-electron chi connectivity index (χ0n) is 10.7. The summed E-state index contributed by atoms with van der Waals surface area (Å²) >= 11 is 0. The summed E-state index contributed by atoms with van der Waals surface area (Å²) in [4.78, 5) is 30.3. The maximum atomic E-state index is 10.4. The third-order valence-electron chi connectivity index (χ3n) is 1.52. The van der Waals surface area contributed by atoms with E-state index >= 15 is 0 Å². The summed E-state index contributed by atoms with van der Waals surface area (Å²) in [5.41, 5.74) is 0. The van der Waals surface area contributed by atoms with Crippen LogP contribution in [0.25, 0.3) is 0 Å². The molecule has 1 saturated heterocycles. The third kappa shape index (κ3) is 18.7. The predicted molar refractivity (Wildman–Crippen MR) is 62.1 cm³/mol. The van der Waals surface area contributed by atoms with Gasteiger partial charge in [-0.3, -0.25) is 14.3 Å². The fourth-order valence-electron chi connectivity index (χ4n) is 0.589. The van der Waals surface area contributed by atoms with Gasteiger partial charge in [0.05, 0.1) is 13.0 Å². The van der Waals surface area contributed by atoms with Gasteiger partial charge in [0.25, 0.3) is 0 Å². The van der Waals surface area contributed by atoms with Crippen LogP contribution in [0.3, 0.4) is 0 Å². The van der Waals surface area contributed by atoms with Crippen molar-refractivity contribution in [1.29, 1.82) is 0 Å². The van der Waals surface area contributed by atoms with Gasteiger partial charge in [0.2, 0.25) is 0 Å². The van der Waals surface area contributed by atoms with Crippen molar-refractivity contribution in [2.75, 3.05) is 33.2 Å². The second kappa shape index (κ2) is 17.4. The number of cyclic esters (lactones) is 1. The monoisotopic (exact) mass is 302 g/mol. The van der Waals surface area contributed by atoms with Crippen molar-refractivity contribution in [2.24, 2.45) is 0 Å². The predicted octanol–water partition coefficient (Wildman–Crippen LogP) is -2.51. The van der Waals surface area contributed by atoms with E-state index in [1.807, 2.05) is 0 Å². The second-order valence-corrected chi connectivity index (χ2v) is 2.94. The van der Waals surface area contributed by atoms with Crippen LogP contribution < -0.4 is 0 Å². The van der Waals surface area contributed by atoms with Gasteiger partial charge in [-0.05, 0) is 0 Å². The Morgan fingerprint density at radius 3 is 1.85 bits per heavy atom. The molecule has 4 N–H and O–H groups in total. The maximum Gasteiger partial charge on any atom is 0.331 e. The molecule has 1 rings (SSSR count). The van der Waals surface area contributed by atoms with Gasteiger partial charge in [0.1, 0.15) is 26.6 Å². The number of aliphatic hydroxyl groups excluding tert-OH is 3. The van der Waals surface area contributed by atoms with Crippen molar-refractivity contribution in [2.45, 2.75) is 12.8 Å². The number of carbonyl (C=O) groups excluding carboxylic acids is 3. The number of esters is 2. The quantitative estimate of drug-likeness (QED) is 0.319. The number of carbonyl (C=O) groups is 3. The van der Waals surface area contributed by atoms with Crippen molar-refractivity contribution in [1.82, 2.24) is 0 Å². The summed E-state index contributed by atoms with van der Waals surface area (Å²) < 4.78 is 8.63. The first-order valence-corrected chi connectivity index (χ1v) is 5.28. The van der Waals surface area contributed by atoms with Crippen LogP contribution in [0.4, 0.5) is 4.70 Å². The molecule has 120 valence electrons. The van der Waals surface area contributed by atoms with E-state index in [4.69, 9.17) is 20.4 Å². The van der Waals surface area contributed by atoms with Gasteiger partial charge in [-0.15, -0.1) is 0 Å². The van der Waals surface area contributed by atoms with Crippen molar-refractivity contribution in [3.05, 3.63) is 0 Å². The minimum Gasteiger partial charge on any atom is -0.465 e. The first-order chi connectivity index (χ1) is 9.01. The van der Waals surface area contributed by atoms with Crippen LogP contribution in [0.15, 0.2) is 0 Å². The van der Waals surface area contributed by atoms with Crippen LogP contribution in [0, 0.1) is 0 Å². The Labute approximate surface area is 114 Å². The van der Waals surface area contributed by atoms with E-state index in [2.05, 4.69) is 9.47 Å². The third-order valence-corrected chi connectivity index (χ3v) is 1.52. The SMILES string of the molecule is F.O=C(CO)CCOC(=O)CO.O=C1CCO1.OCO. The number of rotatable bonds is 5. The van der Waals surface area contributed by atoms with E-state index in [1.165, 1.54) is 0 Å². The number of ether oxygens (including phenoxy) is 2. The average molecular weight is 302 g/mol. The highest BCUT2D eigenvalue weighted by Gasteiger charge is 2.11. The standard InChI is InChI=1S/C6H10O5.C3H4O2.CH4O2.FH/c7-3-5(9)1-2-11-6(10)4-8;4-3-1-2-5-3;2-1-3;/h7-8H,1-4H2;1-2H2;2-3H,1H2;1H. The van der Waals surface area contributed by atoms with Crippen LogP contribution in [0.1, 0.15) is 12.8 Å². The van der Waals surface area contributed by atoms with Crippen molar-refractivity contribution in [3.8, 4) is 0 Å². The van der Waals surface area contributed by atoms with E-state index in [0.717, 1.165) is 0 Å². The molecule has 0 unspecified atom stereocenters. The van der Waals surface area contributed by atoms with Crippen molar-refractivity contribution >= 4 is 17.7 Å². The molecule has 0 saturated carbocycles. The summed E-state index contributed by atoms with van der Waals surface area (Å²) in [5.74, 6) is -1.23. The van der Waals surface area contributed by atoms with Gasteiger partial charge in [-0.2, -0.15) is 0 Å². The van der Waals surface area contributed by atoms with Crippen molar-refractivity contribution in [3.63, 3.8) is 0 Å². The first-order valence-electron chi connectivity index (χ1n) is 5.28. The van der Waals surface area contributed by atoms with Crippen LogP contribution in [0.2, 0.25) is 0 Å². The number of hydrogen-bond acceptors (Lipinski definition) is 9. The molecule has 1 heterocycles. The normalized spacial score (nSPS) is 11.1. The molecule has 0 spiro atoms. The number of hydrogen-bond donors (Lipinski definition) is 4. The molecule has 0 atom stereocenters. The topological polar surface area (TPSA) is 151 Å². The molecule has 0 aromatic carbocycles. The summed E-state index contributed by atoms with van der Waals surface area (Å²) in [5, 5.41) is 30.6. The van der Waals surface area contributed by atoms with Crippen LogP contribution >= 0.6 is 0 Å². The lowest BCUT2D eigenvalue weighted by atomic mass is 10.3. The molecule has 0 aliphatic carbocycles. The molecule has 0 radical (unpaired) electrons. The van der Waals surface area contributed by atoms with E-state index in [0.29, 0.717) is 13.0 Å². The Hall–Kier alpha value is -1.62. The van der Waals surface area contributed by atoms with Gasteiger partial charge in [0.15, 0.2) is 5.78 Å². The molecule has 20 heavy (non-hydrogen) atoms. The Morgan fingerprint density at radius 1 is 1.15 bits per heavy atom. The second-order valence-electron chi connectivity index (χ2n) is 2.94. The fourth-order valence-corrected chi connectivity index (χ4v) is 0.589. The van der Waals surface area contributed by atoms with E-state index in [-0.39, 0.29) is 23.7 Å². The summed E-state index contributed by atoms with van der Waals surface area (Å²) in [6.07, 6.45) is 0.613. The van der Waals surface area contributed by atoms with Gasteiger partial charge in [-0.1, -0.05) is 0 Å². The van der Waals surface area contributed by atoms with Gasteiger partial charge >= 0.3 is 11.9 Å². The fraction of sp³-hybridized carbons (Fsp3) is 0.700. The lowest BCUT2D eigenvalue weighted by Crippen LogP contribution is -2.18. The van der Waals surface area contributed by atoms with E-state index in [1.54, 1.807) is 0 Å². The molecular formula is C10H19FO9. The zero-order chi connectivity index (χ0) is 15.1. The molecule has 1 aliphatic rings. The Balaban J connectivity index is -0.000000266. The smallest absolute Gasteiger partial charge is 0.331 e. The zero-order valence-corrected chi connectivity index (χ0v) is 10.7. The molecule has 9 nitrogen and oxygen atoms in total. The van der Waals surface area contributed by atoms with Crippen LogP contribution in [-0.4, -0.2) is 71.4 Å². The Morgan fingerprint density at radius 2 is 1.60 bits per heavy atom. The molecule has 0 amide bonds. The first kappa shape index (κ1) is 23.5. The number of halogens is 1.